The highest BCUT2D eigenvalue weighted by Crippen LogP contribution is 2.25. The van der Waals surface area contributed by atoms with E-state index in [2.05, 4.69) is 4.98 Å². The van der Waals surface area contributed by atoms with Gasteiger partial charge >= 0.3 is 0 Å². The molecule has 0 bridgehead atoms. The zero-order valence-corrected chi connectivity index (χ0v) is 15.4. The Labute approximate surface area is 151 Å². The van der Waals surface area contributed by atoms with Gasteiger partial charge in [-0.15, -0.1) is 0 Å². The average Bonchev–Trinajstić information content (AvgIpc) is 2.99. The van der Waals surface area contributed by atoms with Gasteiger partial charge in [-0.1, -0.05) is 11.6 Å². The van der Waals surface area contributed by atoms with E-state index in [9.17, 15) is 8.42 Å². The molecule has 1 heterocycles. The SMILES string of the molecule is COCc1cn(-c2ccc(Cl)cc2)c(-c2ccc(S(C)(=O)=O)cc2)n1. The Morgan fingerprint density at radius 1 is 1.08 bits per heavy atom. The fourth-order valence-electron chi connectivity index (χ4n) is 2.50. The van der Waals surface area contributed by atoms with E-state index in [1.165, 1.54) is 6.26 Å². The van der Waals surface area contributed by atoms with Gasteiger partial charge in [-0.05, 0) is 48.5 Å². The molecule has 0 unspecified atom stereocenters. The molecule has 0 atom stereocenters. The molecule has 0 aliphatic rings. The summed E-state index contributed by atoms with van der Waals surface area (Å²) in [5, 5.41) is 0.653. The first-order valence-electron chi connectivity index (χ1n) is 7.52. The second-order valence-corrected chi connectivity index (χ2v) is 8.08. The van der Waals surface area contributed by atoms with Gasteiger partial charge in [0.15, 0.2) is 9.84 Å². The first kappa shape index (κ1) is 17.7. The van der Waals surface area contributed by atoms with Crippen molar-refractivity contribution >= 4 is 21.4 Å². The van der Waals surface area contributed by atoms with Gasteiger partial charge in [0.2, 0.25) is 0 Å². The van der Waals surface area contributed by atoms with Gasteiger partial charge < -0.3 is 4.74 Å². The molecule has 3 aromatic rings. The summed E-state index contributed by atoms with van der Waals surface area (Å²) < 4.78 is 30.4. The number of hydrogen-bond donors (Lipinski definition) is 0. The van der Waals surface area contributed by atoms with Crippen LogP contribution in [0.1, 0.15) is 5.69 Å². The second-order valence-electron chi connectivity index (χ2n) is 5.63. The van der Waals surface area contributed by atoms with E-state index in [0.717, 1.165) is 16.9 Å². The quantitative estimate of drug-likeness (QED) is 0.680. The van der Waals surface area contributed by atoms with E-state index in [1.54, 1.807) is 31.4 Å². The van der Waals surface area contributed by atoms with Crippen molar-refractivity contribution < 1.29 is 13.2 Å². The van der Waals surface area contributed by atoms with Crippen LogP contribution in [0, 0.1) is 0 Å². The molecule has 0 aliphatic heterocycles. The third-order valence-corrected chi connectivity index (χ3v) is 5.07. The molecule has 5 nitrogen and oxygen atoms in total. The number of halogens is 1. The number of nitrogens with zero attached hydrogens (tertiary/aromatic N) is 2. The summed E-state index contributed by atoms with van der Waals surface area (Å²) in [5.41, 5.74) is 2.49. The summed E-state index contributed by atoms with van der Waals surface area (Å²) in [4.78, 5) is 4.89. The summed E-state index contributed by atoms with van der Waals surface area (Å²) in [6.07, 6.45) is 3.08. The number of benzene rings is 2. The van der Waals surface area contributed by atoms with Crippen LogP contribution in [0.5, 0.6) is 0 Å². The van der Waals surface area contributed by atoms with Crippen LogP contribution in [0.15, 0.2) is 59.6 Å². The Balaban J connectivity index is 2.09. The maximum atomic E-state index is 11.6. The summed E-state index contributed by atoms with van der Waals surface area (Å²) in [6.45, 7) is 0.384. The third kappa shape index (κ3) is 3.92. The first-order chi connectivity index (χ1) is 11.9. The number of aromatic nitrogens is 2. The van der Waals surface area contributed by atoms with Crippen LogP contribution in [0.4, 0.5) is 0 Å². The zero-order chi connectivity index (χ0) is 18.0. The topological polar surface area (TPSA) is 61.2 Å². The highest BCUT2D eigenvalue weighted by molar-refractivity contribution is 7.90. The van der Waals surface area contributed by atoms with E-state index in [1.807, 2.05) is 35.0 Å². The maximum Gasteiger partial charge on any atom is 0.175 e. The fourth-order valence-corrected chi connectivity index (χ4v) is 3.26. The molecule has 0 saturated carbocycles. The van der Waals surface area contributed by atoms with Crippen molar-refractivity contribution in [2.24, 2.45) is 0 Å². The summed E-state index contributed by atoms with van der Waals surface area (Å²) in [5.74, 6) is 0.703. The minimum Gasteiger partial charge on any atom is -0.378 e. The molecule has 2 aromatic carbocycles. The Morgan fingerprint density at radius 3 is 2.28 bits per heavy atom. The van der Waals surface area contributed by atoms with Crippen molar-refractivity contribution in [2.45, 2.75) is 11.5 Å². The monoisotopic (exact) mass is 376 g/mol. The predicted octanol–water partition coefficient (Wildman–Crippen LogP) is 3.74. The molecule has 1 aromatic heterocycles. The summed E-state index contributed by atoms with van der Waals surface area (Å²) in [6, 6.07) is 14.1. The van der Waals surface area contributed by atoms with Crippen molar-refractivity contribution in [1.29, 1.82) is 0 Å². The van der Waals surface area contributed by atoms with Crippen LogP contribution >= 0.6 is 11.6 Å². The second kappa shape index (κ2) is 7.00. The molecule has 0 saturated heterocycles. The number of methoxy groups -OCH3 is 1. The molecule has 130 valence electrons. The lowest BCUT2D eigenvalue weighted by Gasteiger charge is -2.08. The lowest BCUT2D eigenvalue weighted by molar-refractivity contribution is 0.182. The Bertz CT molecular complexity index is 978. The van der Waals surface area contributed by atoms with Gasteiger partial charge in [-0.25, -0.2) is 13.4 Å². The highest BCUT2D eigenvalue weighted by Gasteiger charge is 2.13. The summed E-state index contributed by atoms with van der Waals surface area (Å²) >= 11 is 5.97. The minimum absolute atomic E-state index is 0.276. The van der Waals surface area contributed by atoms with Gasteiger partial charge in [0, 0.05) is 35.8 Å². The van der Waals surface area contributed by atoms with E-state index in [-0.39, 0.29) is 4.90 Å². The van der Waals surface area contributed by atoms with Crippen molar-refractivity contribution in [3.8, 4) is 17.1 Å². The van der Waals surface area contributed by atoms with E-state index >= 15 is 0 Å². The van der Waals surface area contributed by atoms with Gasteiger partial charge in [0.25, 0.3) is 0 Å². The number of ether oxygens (including phenoxy) is 1. The smallest absolute Gasteiger partial charge is 0.175 e. The molecular weight excluding hydrogens is 360 g/mol. The molecule has 3 rings (SSSR count). The van der Waals surface area contributed by atoms with Gasteiger partial charge in [0.05, 0.1) is 17.2 Å². The number of imidazole rings is 1. The lowest BCUT2D eigenvalue weighted by Crippen LogP contribution is -1.98. The van der Waals surface area contributed by atoms with E-state index < -0.39 is 9.84 Å². The van der Waals surface area contributed by atoms with Crippen molar-refractivity contribution in [1.82, 2.24) is 9.55 Å². The molecule has 25 heavy (non-hydrogen) atoms. The maximum absolute atomic E-state index is 11.6. The minimum atomic E-state index is -3.23. The number of rotatable bonds is 5. The molecule has 0 radical (unpaired) electrons. The number of sulfone groups is 1. The van der Waals surface area contributed by atoms with Crippen LogP contribution in [0.25, 0.3) is 17.1 Å². The number of hydrogen-bond acceptors (Lipinski definition) is 4. The first-order valence-corrected chi connectivity index (χ1v) is 9.79. The van der Waals surface area contributed by atoms with Crippen molar-refractivity contribution in [3.05, 3.63) is 65.4 Å². The van der Waals surface area contributed by atoms with Crippen LogP contribution in [0.2, 0.25) is 5.02 Å². The normalized spacial score (nSPS) is 11.6. The van der Waals surface area contributed by atoms with Crippen LogP contribution < -0.4 is 0 Å². The molecule has 0 aliphatic carbocycles. The van der Waals surface area contributed by atoms with Crippen LogP contribution in [-0.2, 0) is 21.2 Å². The van der Waals surface area contributed by atoms with Crippen molar-refractivity contribution in [2.75, 3.05) is 13.4 Å². The standard InChI is InChI=1S/C18H17ClN2O3S/c1-24-12-15-11-21(16-7-5-14(19)6-8-16)18(20-15)13-3-9-17(10-4-13)25(2,22)23/h3-11H,12H2,1-2H3. The molecular formula is C18H17ClN2O3S. The Kier molecular flexibility index (Phi) is 4.94. The third-order valence-electron chi connectivity index (χ3n) is 3.69. The zero-order valence-electron chi connectivity index (χ0n) is 13.8. The van der Waals surface area contributed by atoms with Crippen LogP contribution in [-0.4, -0.2) is 31.3 Å². The molecule has 0 fully saturated rings. The van der Waals surface area contributed by atoms with Crippen molar-refractivity contribution in [3.63, 3.8) is 0 Å². The average molecular weight is 377 g/mol. The Morgan fingerprint density at radius 2 is 1.72 bits per heavy atom. The lowest BCUT2D eigenvalue weighted by atomic mass is 10.2. The van der Waals surface area contributed by atoms with Gasteiger partial charge in [-0.3, -0.25) is 4.57 Å². The van der Waals surface area contributed by atoms with Gasteiger partial charge in [0.1, 0.15) is 5.82 Å². The molecule has 0 spiro atoms. The van der Waals surface area contributed by atoms with E-state index in [0.29, 0.717) is 17.5 Å². The predicted molar refractivity (Wildman–Crippen MR) is 97.8 cm³/mol. The summed E-state index contributed by atoms with van der Waals surface area (Å²) in [7, 11) is -1.62. The van der Waals surface area contributed by atoms with Crippen LogP contribution in [0.3, 0.4) is 0 Å². The van der Waals surface area contributed by atoms with Gasteiger partial charge in [-0.2, -0.15) is 0 Å². The molecule has 7 heteroatoms. The van der Waals surface area contributed by atoms with E-state index in [4.69, 9.17) is 16.3 Å². The molecule has 0 amide bonds. The molecule has 0 N–H and O–H groups in total. The Hall–Kier alpha value is -2.15. The highest BCUT2D eigenvalue weighted by atomic mass is 35.5. The fraction of sp³-hybridized carbons (Fsp3) is 0.167. The largest absolute Gasteiger partial charge is 0.378 e.